The minimum Gasteiger partial charge on any atom is -0.332 e. The van der Waals surface area contributed by atoms with E-state index in [4.69, 9.17) is 11.6 Å². The van der Waals surface area contributed by atoms with Crippen LogP contribution in [0.1, 0.15) is 36.8 Å². The normalized spacial score (nSPS) is 25.1. The summed E-state index contributed by atoms with van der Waals surface area (Å²) in [5.74, 6) is 0.204. The van der Waals surface area contributed by atoms with Crippen molar-refractivity contribution in [1.82, 2.24) is 9.80 Å². The molecule has 0 spiro atoms. The summed E-state index contributed by atoms with van der Waals surface area (Å²) in [5, 5.41) is -0.301. The van der Waals surface area contributed by atoms with Crippen molar-refractivity contribution in [3.8, 4) is 0 Å². The van der Waals surface area contributed by atoms with Crippen LogP contribution in [0, 0.1) is 5.92 Å². The van der Waals surface area contributed by atoms with Crippen LogP contribution in [0.5, 0.6) is 0 Å². The molecule has 2 atom stereocenters. The molecule has 2 aliphatic heterocycles. The van der Waals surface area contributed by atoms with Crippen molar-refractivity contribution in [2.75, 3.05) is 19.6 Å². The molecule has 3 aliphatic rings. The summed E-state index contributed by atoms with van der Waals surface area (Å²) in [6, 6.07) is 4.02. The smallest absolute Gasteiger partial charge is 0.332 e. The van der Waals surface area contributed by atoms with E-state index in [2.05, 4.69) is 4.90 Å². The number of rotatable bonds is 4. The molecule has 1 aromatic rings. The molecule has 27 heavy (non-hydrogen) atoms. The molecule has 1 aromatic carbocycles. The van der Waals surface area contributed by atoms with E-state index < -0.39 is 11.7 Å². The molecule has 0 aromatic heterocycles. The van der Waals surface area contributed by atoms with Crippen LogP contribution in [0.15, 0.2) is 29.8 Å². The Morgan fingerprint density at radius 2 is 2.04 bits per heavy atom. The van der Waals surface area contributed by atoms with Crippen LogP contribution in [0.2, 0.25) is 5.02 Å². The Morgan fingerprint density at radius 1 is 1.26 bits per heavy atom. The summed E-state index contributed by atoms with van der Waals surface area (Å²) in [7, 11) is 0. The van der Waals surface area contributed by atoms with E-state index in [1.54, 1.807) is 11.0 Å². The van der Waals surface area contributed by atoms with E-state index in [0.29, 0.717) is 5.56 Å². The maximum Gasteiger partial charge on any atom is 0.417 e. The number of fused-ring (bicyclic) bond motifs is 2. The molecule has 0 radical (unpaired) electrons. The molecule has 0 N–H and O–H groups in total. The van der Waals surface area contributed by atoms with Gasteiger partial charge in [-0.2, -0.15) is 13.2 Å². The van der Waals surface area contributed by atoms with Crippen molar-refractivity contribution >= 4 is 17.5 Å². The standard InChI is InChI=1S/C20H22ClF3N2O/c21-18-14(3-1-5-17(18)20(22,23)24)12-26(15-6-7-15)19(27)16-8-10-25-9-2-4-13(16)11-25/h1,3,5,8,13,15H,2,4,6-7,9-12H2. The number of halogens is 4. The number of carbonyl (C=O) groups is 1. The Balaban J connectivity index is 1.59. The number of benzene rings is 1. The van der Waals surface area contributed by atoms with Gasteiger partial charge in [0.2, 0.25) is 5.91 Å². The molecule has 4 rings (SSSR count). The van der Waals surface area contributed by atoms with E-state index in [1.165, 1.54) is 6.07 Å². The van der Waals surface area contributed by atoms with Crippen molar-refractivity contribution in [2.24, 2.45) is 5.92 Å². The van der Waals surface area contributed by atoms with Gasteiger partial charge >= 0.3 is 6.18 Å². The summed E-state index contributed by atoms with van der Waals surface area (Å²) in [6.45, 7) is 2.88. The lowest BCUT2D eigenvalue weighted by molar-refractivity contribution is -0.137. The third kappa shape index (κ3) is 3.87. The first kappa shape index (κ1) is 18.8. The molecular weight excluding hydrogens is 377 g/mol. The number of hydrogen-bond donors (Lipinski definition) is 0. The van der Waals surface area contributed by atoms with E-state index in [-0.39, 0.29) is 29.4 Å². The second-order valence-electron chi connectivity index (χ2n) is 7.70. The Kier molecular flexibility index (Phi) is 4.97. The maximum absolute atomic E-state index is 13.3. The number of hydrogen-bond acceptors (Lipinski definition) is 2. The Labute approximate surface area is 161 Å². The Bertz CT molecular complexity index is 773. The van der Waals surface area contributed by atoms with Crippen molar-refractivity contribution in [3.05, 3.63) is 46.0 Å². The molecule has 2 heterocycles. The predicted molar refractivity (Wildman–Crippen MR) is 97.3 cm³/mol. The molecule has 1 saturated heterocycles. The maximum atomic E-state index is 13.3. The second-order valence-corrected chi connectivity index (χ2v) is 8.08. The monoisotopic (exact) mass is 398 g/mol. The van der Waals surface area contributed by atoms with Crippen molar-refractivity contribution < 1.29 is 18.0 Å². The van der Waals surface area contributed by atoms with E-state index in [0.717, 1.165) is 57.0 Å². The van der Waals surface area contributed by atoms with Gasteiger partial charge in [-0.1, -0.05) is 29.8 Å². The number of carbonyl (C=O) groups excluding carboxylic acids is 1. The first-order valence-electron chi connectivity index (χ1n) is 9.42. The lowest BCUT2D eigenvalue weighted by Gasteiger charge is -2.38. The second kappa shape index (κ2) is 7.13. The van der Waals surface area contributed by atoms with Gasteiger partial charge in [0.05, 0.1) is 10.6 Å². The first-order valence-corrected chi connectivity index (χ1v) is 9.80. The highest BCUT2D eigenvalue weighted by molar-refractivity contribution is 6.32. The van der Waals surface area contributed by atoms with Gasteiger partial charge in [0, 0.05) is 37.2 Å². The highest BCUT2D eigenvalue weighted by Gasteiger charge is 2.39. The SMILES string of the molecule is O=C(C1=CCN2CCCC1C2)N(Cc1cccc(C(F)(F)F)c1Cl)C1CC1. The van der Waals surface area contributed by atoms with Gasteiger partial charge in [0.15, 0.2) is 0 Å². The molecule has 1 amide bonds. The quantitative estimate of drug-likeness (QED) is 0.745. The minimum atomic E-state index is -4.50. The molecule has 1 aliphatic carbocycles. The molecule has 7 heteroatoms. The lowest BCUT2D eigenvalue weighted by Crippen LogP contribution is -2.44. The van der Waals surface area contributed by atoms with Crippen molar-refractivity contribution in [2.45, 2.75) is 44.4 Å². The molecule has 1 saturated carbocycles. The number of alkyl halides is 3. The third-order valence-electron chi connectivity index (χ3n) is 5.73. The number of nitrogens with zero attached hydrogens (tertiary/aromatic N) is 2. The van der Waals surface area contributed by atoms with Gasteiger partial charge in [-0.05, 0) is 43.9 Å². The van der Waals surface area contributed by atoms with Gasteiger partial charge in [-0.15, -0.1) is 0 Å². The van der Waals surface area contributed by atoms with Crippen LogP contribution in [0.3, 0.4) is 0 Å². The van der Waals surface area contributed by atoms with E-state index in [1.807, 2.05) is 6.08 Å². The van der Waals surface area contributed by atoms with Gasteiger partial charge < -0.3 is 4.90 Å². The summed E-state index contributed by atoms with van der Waals surface area (Å²) < 4.78 is 39.4. The fraction of sp³-hybridized carbons (Fsp3) is 0.550. The Hall–Kier alpha value is -1.53. The fourth-order valence-electron chi connectivity index (χ4n) is 4.15. The summed E-state index contributed by atoms with van der Waals surface area (Å²) in [6.07, 6.45) is 1.38. The largest absolute Gasteiger partial charge is 0.417 e. The molecule has 3 nitrogen and oxygen atoms in total. The van der Waals surface area contributed by atoms with Crippen molar-refractivity contribution in [1.29, 1.82) is 0 Å². The van der Waals surface area contributed by atoms with Gasteiger partial charge in [0.25, 0.3) is 0 Å². The van der Waals surface area contributed by atoms with Crippen LogP contribution >= 0.6 is 11.6 Å². The summed E-state index contributed by atoms with van der Waals surface area (Å²) >= 11 is 6.06. The van der Waals surface area contributed by atoms with Gasteiger partial charge in [0.1, 0.15) is 0 Å². The highest BCUT2D eigenvalue weighted by Crippen LogP contribution is 2.39. The van der Waals surface area contributed by atoms with Gasteiger partial charge in [-0.3, -0.25) is 9.69 Å². The summed E-state index contributed by atoms with van der Waals surface area (Å²) in [4.78, 5) is 17.3. The van der Waals surface area contributed by atoms with Crippen LogP contribution in [0.4, 0.5) is 13.2 Å². The molecule has 2 unspecified atom stereocenters. The summed E-state index contributed by atoms with van der Waals surface area (Å²) in [5.41, 5.74) is 0.346. The minimum absolute atomic E-state index is 0.0301. The zero-order valence-electron chi connectivity index (χ0n) is 14.9. The van der Waals surface area contributed by atoms with Gasteiger partial charge in [-0.25, -0.2) is 0 Å². The first-order chi connectivity index (χ1) is 12.8. The topological polar surface area (TPSA) is 23.6 Å². The molecule has 146 valence electrons. The fourth-order valence-corrected chi connectivity index (χ4v) is 4.45. The highest BCUT2D eigenvalue weighted by atomic mass is 35.5. The van der Waals surface area contributed by atoms with Crippen LogP contribution in [-0.2, 0) is 17.5 Å². The number of amides is 1. The lowest BCUT2D eigenvalue weighted by atomic mass is 9.86. The van der Waals surface area contributed by atoms with Crippen LogP contribution < -0.4 is 0 Å². The van der Waals surface area contributed by atoms with Crippen molar-refractivity contribution in [3.63, 3.8) is 0 Å². The number of piperidine rings is 1. The zero-order valence-corrected chi connectivity index (χ0v) is 15.7. The predicted octanol–water partition coefficient (Wildman–Crippen LogP) is 4.50. The third-order valence-corrected chi connectivity index (χ3v) is 6.18. The average molecular weight is 399 g/mol. The van der Waals surface area contributed by atoms with E-state index >= 15 is 0 Å². The van der Waals surface area contributed by atoms with Crippen LogP contribution in [0.25, 0.3) is 0 Å². The molecule has 2 fully saturated rings. The van der Waals surface area contributed by atoms with E-state index in [9.17, 15) is 18.0 Å². The van der Waals surface area contributed by atoms with Crippen LogP contribution in [-0.4, -0.2) is 41.4 Å². The molecule has 2 bridgehead atoms. The zero-order chi connectivity index (χ0) is 19.2. The molecular formula is C20H22ClF3N2O. The average Bonchev–Trinajstić information content (AvgIpc) is 3.45. The Morgan fingerprint density at radius 3 is 2.74 bits per heavy atom.